The van der Waals surface area contributed by atoms with Crippen molar-refractivity contribution < 1.29 is 5.11 Å². The zero-order valence-corrected chi connectivity index (χ0v) is 23.6. The summed E-state index contributed by atoms with van der Waals surface area (Å²) in [4.78, 5) is 2.91. The van der Waals surface area contributed by atoms with E-state index in [9.17, 15) is 0 Å². The van der Waals surface area contributed by atoms with E-state index >= 15 is 0 Å². The average molecular weight is 507 g/mol. The number of nitrogens with zero attached hydrogens (tertiary/aromatic N) is 1. The Bertz CT molecular complexity index is 299. The topological polar surface area (TPSA) is 23.5 Å². The maximum Gasteiger partial charge on any atom is 0.0431 e. The van der Waals surface area contributed by atoms with Gasteiger partial charge in [0.15, 0.2) is 0 Å². The summed E-state index contributed by atoms with van der Waals surface area (Å²) >= 11 is 0. The van der Waals surface area contributed by atoms with Crippen LogP contribution in [0.2, 0.25) is 0 Å². The van der Waals surface area contributed by atoms with Gasteiger partial charge in [-0.25, -0.2) is 0 Å². The summed E-state index contributed by atoms with van der Waals surface area (Å²) in [6, 6.07) is 0.817. The summed E-state index contributed by atoms with van der Waals surface area (Å²) in [6.07, 6.45) is 28.6. The molecule has 0 aliphatic heterocycles. The molecule has 3 heteroatoms. The smallest absolute Gasteiger partial charge is 0.0431 e. The van der Waals surface area contributed by atoms with Gasteiger partial charge in [-0.05, 0) is 45.2 Å². The monoisotopic (exact) mass is 505 g/mol. The molecule has 0 spiro atoms. The number of hydrogen-bond acceptors (Lipinski definition) is 2. The van der Waals surface area contributed by atoms with Gasteiger partial charge in [0.25, 0.3) is 0 Å². The van der Waals surface area contributed by atoms with Gasteiger partial charge >= 0.3 is 0 Å². The van der Waals surface area contributed by atoms with Crippen LogP contribution < -0.4 is 0 Å². The van der Waals surface area contributed by atoms with E-state index in [-0.39, 0.29) is 17.0 Å². The van der Waals surface area contributed by atoms with E-state index in [4.69, 9.17) is 5.11 Å². The van der Waals surface area contributed by atoms with Crippen LogP contribution in [0.3, 0.4) is 0 Å². The van der Waals surface area contributed by atoms with Crippen LogP contribution in [0.1, 0.15) is 156 Å². The molecule has 0 aromatic rings. The van der Waals surface area contributed by atoms with Gasteiger partial charge in [0.05, 0.1) is 0 Å². The van der Waals surface area contributed by atoms with Crippen molar-refractivity contribution in [3.05, 3.63) is 0 Å². The van der Waals surface area contributed by atoms with Crippen LogP contribution >= 0.6 is 17.0 Å². The molecule has 0 saturated heterocycles. The highest BCUT2D eigenvalue weighted by Crippen LogP contribution is 2.20. The van der Waals surface area contributed by atoms with E-state index < -0.39 is 0 Å². The molecule has 0 aliphatic carbocycles. The molecule has 2 nitrogen and oxygen atoms in total. The van der Waals surface area contributed by atoms with Crippen molar-refractivity contribution in [3.8, 4) is 0 Å². The molecule has 0 fully saturated rings. The predicted octanol–water partition coefficient (Wildman–Crippen LogP) is 9.48. The van der Waals surface area contributed by atoms with Gasteiger partial charge in [-0.2, -0.15) is 0 Å². The fourth-order valence-corrected chi connectivity index (χ4v) is 4.65. The summed E-state index contributed by atoms with van der Waals surface area (Å²) in [5.41, 5.74) is 0. The molecule has 1 unspecified atom stereocenters. The SMILES string of the molecule is Br.CCCCCCCN(CCCCCCC)C(CCCCCC)CCCCCCCO. The molecule has 0 rings (SSSR count). The molecular weight excluding hydrogens is 446 g/mol. The number of aliphatic hydroxyl groups is 1. The highest BCUT2D eigenvalue weighted by molar-refractivity contribution is 8.93. The van der Waals surface area contributed by atoms with E-state index in [0.29, 0.717) is 6.61 Å². The first-order valence-corrected chi connectivity index (χ1v) is 14.1. The lowest BCUT2D eigenvalue weighted by atomic mass is 9.98. The van der Waals surface area contributed by atoms with Crippen molar-refractivity contribution in [1.82, 2.24) is 4.90 Å². The first-order chi connectivity index (χ1) is 14.8. The van der Waals surface area contributed by atoms with E-state index in [1.807, 2.05) is 0 Å². The molecular formula is C28H60BrNO. The number of halogens is 1. The van der Waals surface area contributed by atoms with Gasteiger partial charge < -0.3 is 10.0 Å². The van der Waals surface area contributed by atoms with Gasteiger partial charge in [-0.15, -0.1) is 17.0 Å². The second-order valence-corrected chi connectivity index (χ2v) is 9.65. The predicted molar refractivity (Wildman–Crippen MR) is 147 cm³/mol. The second-order valence-electron chi connectivity index (χ2n) is 9.65. The zero-order valence-electron chi connectivity index (χ0n) is 21.9. The molecule has 0 aliphatic rings. The third-order valence-corrected chi connectivity index (χ3v) is 6.70. The second kappa shape index (κ2) is 28.4. The van der Waals surface area contributed by atoms with Crippen LogP contribution in [0.5, 0.6) is 0 Å². The summed E-state index contributed by atoms with van der Waals surface area (Å²) in [5, 5.41) is 8.99. The molecule has 0 bridgehead atoms. The summed E-state index contributed by atoms with van der Waals surface area (Å²) in [5.74, 6) is 0. The minimum atomic E-state index is 0. The van der Waals surface area contributed by atoms with Crippen LogP contribution in [-0.4, -0.2) is 35.7 Å². The van der Waals surface area contributed by atoms with Crippen LogP contribution in [0.15, 0.2) is 0 Å². The first kappa shape index (κ1) is 33.6. The van der Waals surface area contributed by atoms with E-state index in [1.165, 1.54) is 142 Å². The Morgan fingerprint density at radius 3 is 1.29 bits per heavy atom. The Morgan fingerprint density at radius 2 is 0.839 bits per heavy atom. The third-order valence-electron chi connectivity index (χ3n) is 6.70. The summed E-state index contributed by atoms with van der Waals surface area (Å²) < 4.78 is 0. The quantitative estimate of drug-likeness (QED) is 0.125. The molecule has 0 aromatic heterocycles. The van der Waals surface area contributed by atoms with Crippen LogP contribution in [0.4, 0.5) is 0 Å². The lowest BCUT2D eigenvalue weighted by Crippen LogP contribution is -2.37. The molecule has 0 aromatic carbocycles. The van der Waals surface area contributed by atoms with Crippen LogP contribution in [0.25, 0.3) is 0 Å². The Morgan fingerprint density at radius 1 is 0.484 bits per heavy atom. The van der Waals surface area contributed by atoms with Crippen LogP contribution in [-0.2, 0) is 0 Å². The largest absolute Gasteiger partial charge is 0.396 e. The van der Waals surface area contributed by atoms with Crippen molar-refractivity contribution in [2.75, 3.05) is 19.7 Å². The standard InChI is InChI=1S/C28H59NO.BrH/c1-4-7-10-15-20-25-29(26-21-16-11-8-5-2)28(23-18-12-9-6-3)24-19-14-13-17-22-27-30;/h28,30H,4-27H2,1-3H3;1H. The maximum absolute atomic E-state index is 8.99. The number of aliphatic hydroxyl groups excluding tert-OH is 1. The van der Waals surface area contributed by atoms with Gasteiger partial charge in [-0.3, -0.25) is 0 Å². The number of hydrogen-bond donors (Lipinski definition) is 1. The number of unbranched alkanes of at least 4 members (excludes halogenated alkanes) is 15. The Labute approximate surface area is 208 Å². The lowest BCUT2D eigenvalue weighted by molar-refractivity contribution is 0.163. The summed E-state index contributed by atoms with van der Waals surface area (Å²) in [7, 11) is 0. The molecule has 1 atom stereocenters. The molecule has 0 saturated carbocycles. The van der Waals surface area contributed by atoms with Crippen molar-refractivity contribution in [2.45, 2.75) is 162 Å². The Kier molecular flexibility index (Phi) is 30.8. The minimum absolute atomic E-state index is 0. The fraction of sp³-hybridized carbons (Fsp3) is 1.00. The van der Waals surface area contributed by atoms with E-state index in [0.717, 1.165) is 12.5 Å². The third kappa shape index (κ3) is 23.4. The summed E-state index contributed by atoms with van der Waals surface area (Å²) in [6.45, 7) is 9.98. The fourth-order valence-electron chi connectivity index (χ4n) is 4.65. The highest BCUT2D eigenvalue weighted by atomic mass is 79.9. The molecule has 190 valence electrons. The molecule has 0 heterocycles. The molecule has 31 heavy (non-hydrogen) atoms. The first-order valence-electron chi connectivity index (χ1n) is 14.1. The normalized spacial score (nSPS) is 12.3. The maximum atomic E-state index is 8.99. The average Bonchev–Trinajstić information content (AvgIpc) is 2.76. The van der Waals surface area contributed by atoms with Gasteiger partial charge in [0.2, 0.25) is 0 Å². The Balaban J connectivity index is 0. The van der Waals surface area contributed by atoms with Gasteiger partial charge in [0.1, 0.15) is 0 Å². The van der Waals surface area contributed by atoms with Crippen molar-refractivity contribution >= 4 is 17.0 Å². The minimum Gasteiger partial charge on any atom is -0.396 e. The van der Waals surface area contributed by atoms with E-state index in [1.54, 1.807) is 0 Å². The molecule has 0 amide bonds. The number of rotatable bonds is 25. The highest BCUT2D eigenvalue weighted by Gasteiger charge is 2.17. The molecule has 1 N–H and O–H groups in total. The van der Waals surface area contributed by atoms with Crippen molar-refractivity contribution in [3.63, 3.8) is 0 Å². The van der Waals surface area contributed by atoms with Gasteiger partial charge in [-0.1, -0.05) is 124 Å². The van der Waals surface area contributed by atoms with Gasteiger partial charge in [0, 0.05) is 12.6 Å². The van der Waals surface area contributed by atoms with Crippen LogP contribution in [0, 0.1) is 0 Å². The Hall–Kier alpha value is 0.400. The van der Waals surface area contributed by atoms with Crippen molar-refractivity contribution in [1.29, 1.82) is 0 Å². The molecule has 0 radical (unpaired) electrons. The van der Waals surface area contributed by atoms with E-state index in [2.05, 4.69) is 25.7 Å². The zero-order chi connectivity index (χ0) is 22.1. The van der Waals surface area contributed by atoms with Crippen molar-refractivity contribution in [2.24, 2.45) is 0 Å². The lowest BCUT2D eigenvalue weighted by Gasteiger charge is -2.32.